The largest absolute Gasteiger partial charge is 0.495 e. The van der Waals surface area contributed by atoms with E-state index < -0.39 is 17.6 Å². The lowest BCUT2D eigenvalue weighted by atomic mass is 10.1. The smallest absolute Gasteiger partial charge is 0.258 e. The van der Waals surface area contributed by atoms with Crippen LogP contribution in [-0.2, 0) is 0 Å². The molecule has 1 heterocycles. The van der Waals surface area contributed by atoms with Crippen LogP contribution in [-0.4, -0.2) is 49.8 Å². The number of ether oxygens (including phenoxy) is 1. The van der Waals surface area contributed by atoms with Gasteiger partial charge in [0.15, 0.2) is 0 Å². The van der Waals surface area contributed by atoms with E-state index >= 15 is 0 Å². The summed E-state index contributed by atoms with van der Waals surface area (Å²) in [6.45, 7) is 1.40. The van der Waals surface area contributed by atoms with Crippen molar-refractivity contribution in [1.82, 2.24) is 4.90 Å². The maximum atomic E-state index is 14.9. The third kappa shape index (κ3) is 4.99. The van der Waals surface area contributed by atoms with Crippen molar-refractivity contribution in [3.63, 3.8) is 0 Å². The first-order chi connectivity index (χ1) is 16.9. The Balaban J connectivity index is 1.59. The van der Waals surface area contributed by atoms with E-state index in [9.17, 15) is 14.0 Å². The molecule has 0 radical (unpaired) electrons. The van der Waals surface area contributed by atoms with E-state index in [2.05, 4.69) is 21.5 Å². The molecule has 8 heteroatoms. The Kier molecular flexibility index (Phi) is 6.78. The van der Waals surface area contributed by atoms with E-state index in [1.807, 2.05) is 11.9 Å². The summed E-state index contributed by atoms with van der Waals surface area (Å²) < 4.78 is 20.3. The van der Waals surface area contributed by atoms with Crippen molar-refractivity contribution < 1.29 is 18.7 Å². The van der Waals surface area contributed by atoms with Gasteiger partial charge in [-0.05, 0) is 48.5 Å². The van der Waals surface area contributed by atoms with Gasteiger partial charge >= 0.3 is 0 Å². The Hall–Kier alpha value is -4.64. The standard InChI is InChI=1S/C27H23FN4O3/c1-4-17-8-11-19(12-9-17)30-27(34)21-6-5-7-23(35-3)24(21)31-26(33)20-13-10-18(16-22(20)28)25-29-14-15-32(25)2/h1,5-13,16H,14-15H2,2-3H3,(H,30,34)(H,31,33). The average molecular weight is 471 g/mol. The molecule has 0 aromatic heterocycles. The first-order valence-corrected chi connectivity index (χ1v) is 10.8. The van der Waals surface area contributed by atoms with E-state index in [4.69, 9.17) is 11.2 Å². The van der Waals surface area contributed by atoms with Crippen LogP contribution in [0.2, 0.25) is 0 Å². The Labute approximate surface area is 202 Å². The maximum Gasteiger partial charge on any atom is 0.258 e. The fraction of sp³-hybridized carbons (Fsp3) is 0.148. The highest BCUT2D eigenvalue weighted by atomic mass is 19.1. The zero-order valence-corrected chi connectivity index (χ0v) is 19.3. The van der Waals surface area contributed by atoms with E-state index in [-0.39, 0.29) is 22.6 Å². The van der Waals surface area contributed by atoms with E-state index in [0.717, 1.165) is 6.54 Å². The van der Waals surface area contributed by atoms with Gasteiger partial charge in [0.05, 0.1) is 30.5 Å². The number of amidine groups is 1. The van der Waals surface area contributed by atoms with Gasteiger partial charge in [-0.1, -0.05) is 18.1 Å². The van der Waals surface area contributed by atoms with Crippen LogP contribution in [0.25, 0.3) is 0 Å². The fourth-order valence-corrected chi connectivity index (χ4v) is 3.73. The quantitative estimate of drug-likeness (QED) is 0.534. The van der Waals surface area contributed by atoms with Crippen LogP contribution in [0.5, 0.6) is 5.75 Å². The zero-order chi connectivity index (χ0) is 24.9. The van der Waals surface area contributed by atoms with Crippen LogP contribution in [0.1, 0.15) is 31.8 Å². The van der Waals surface area contributed by atoms with E-state index in [1.165, 1.54) is 25.3 Å². The lowest BCUT2D eigenvalue weighted by Crippen LogP contribution is -2.24. The highest BCUT2D eigenvalue weighted by molar-refractivity contribution is 6.14. The number of rotatable bonds is 6. The Morgan fingerprint density at radius 3 is 2.43 bits per heavy atom. The summed E-state index contributed by atoms with van der Waals surface area (Å²) >= 11 is 0. The number of nitrogens with zero attached hydrogens (tertiary/aromatic N) is 2. The normalized spacial score (nSPS) is 12.5. The number of likely N-dealkylation sites (N-methyl/N-ethyl adjacent to an activating group) is 1. The fourth-order valence-electron chi connectivity index (χ4n) is 3.73. The maximum absolute atomic E-state index is 14.9. The van der Waals surface area contributed by atoms with Gasteiger partial charge in [-0.25, -0.2) is 4.39 Å². The molecular formula is C27H23FN4O3. The third-order valence-electron chi connectivity index (χ3n) is 5.57. The van der Waals surface area contributed by atoms with Crippen molar-refractivity contribution in [2.45, 2.75) is 0 Å². The van der Waals surface area contributed by atoms with Gasteiger partial charge in [0.25, 0.3) is 11.8 Å². The molecule has 0 fully saturated rings. The molecule has 0 saturated carbocycles. The van der Waals surface area contributed by atoms with Gasteiger partial charge in [-0.2, -0.15) is 0 Å². The summed E-state index contributed by atoms with van der Waals surface area (Å²) in [5, 5.41) is 5.40. The number of aliphatic imine (C=N–C) groups is 1. The molecule has 3 aromatic carbocycles. The molecular weight excluding hydrogens is 447 g/mol. The highest BCUT2D eigenvalue weighted by Gasteiger charge is 2.22. The topological polar surface area (TPSA) is 83.0 Å². The Morgan fingerprint density at radius 2 is 1.80 bits per heavy atom. The average Bonchev–Trinajstić information content (AvgIpc) is 3.30. The number of carbonyl (C=O) groups is 2. The van der Waals surface area contributed by atoms with Crippen LogP contribution in [0, 0.1) is 18.2 Å². The molecule has 7 nitrogen and oxygen atoms in total. The van der Waals surface area contributed by atoms with Crippen molar-refractivity contribution in [3.05, 3.63) is 88.7 Å². The van der Waals surface area contributed by atoms with Crippen molar-refractivity contribution in [2.75, 3.05) is 37.9 Å². The van der Waals surface area contributed by atoms with Gasteiger partial charge in [-0.3, -0.25) is 14.6 Å². The summed E-state index contributed by atoms with van der Waals surface area (Å²) in [5.74, 6) is 1.55. The molecule has 35 heavy (non-hydrogen) atoms. The Morgan fingerprint density at radius 1 is 1.06 bits per heavy atom. The molecule has 2 N–H and O–H groups in total. The molecule has 0 unspecified atom stereocenters. The monoisotopic (exact) mass is 470 g/mol. The summed E-state index contributed by atoms with van der Waals surface area (Å²) in [4.78, 5) is 32.3. The second kappa shape index (κ2) is 10.1. The van der Waals surface area contributed by atoms with Gasteiger partial charge in [0.2, 0.25) is 0 Å². The van der Waals surface area contributed by atoms with Crippen molar-refractivity contribution >= 4 is 29.0 Å². The number of hydrogen-bond acceptors (Lipinski definition) is 5. The zero-order valence-electron chi connectivity index (χ0n) is 19.3. The number of methoxy groups -OCH3 is 1. The van der Waals surface area contributed by atoms with Gasteiger partial charge in [-0.15, -0.1) is 6.42 Å². The molecule has 4 rings (SSSR count). The predicted molar refractivity (Wildman–Crippen MR) is 134 cm³/mol. The van der Waals surface area contributed by atoms with Gasteiger partial charge in [0, 0.05) is 30.4 Å². The third-order valence-corrected chi connectivity index (χ3v) is 5.57. The van der Waals surface area contributed by atoms with E-state index in [0.29, 0.717) is 29.2 Å². The summed E-state index contributed by atoms with van der Waals surface area (Å²) in [7, 11) is 3.29. The molecule has 0 aliphatic carbocycles. The molecule has 0 spiro atoms. The molecule has 1 aliphatic rings. The summed E-state index contributed by atoms with van der Waals surface area (Å²) in [5.41, 5.74) is 1.90. The van der Waals surface area contributed by atoms with Crippen LogP contribution in [0.4, 0.5) is 15.8 Å². The van der Waals surface area contributed by atoms with Crippen molar-refractivity contribution in [3.8, 4) is 18.1 Å². The number of hydrogen-bond donors (Lipinski definition) is 2. The number of terminal acetylenes is 1. The molecule has 0 saturated heterocycles. The van der Waals surface area contributed by atoms with Crippen LogP contribution in [0.3, 0.4) is 0 Å². The number of amides is 2. The SMILES string of the molecule is C#Cc1ccc(NC(=O)c2cccc(OC)c2NC(=O)c2ccc(C3=NCCN3C)cc2F)cc1. The summed E-state index contributed by atoms with van der Waals surface area (Å²) in [6.07, 6.45) is 5.37. The second-order valence-corrected chi connectivity index (χ2v) is 7.83. The number of halogens is 1. The summed E-state index contributed by atoms with van der Waals surface area (Å²) in [6, 6.07) is 15.8. The first-order valence-electron chi connectivity index (χ1n) is 10.8. The molecule has 2 amide bonds. The van der Waals surface area contributed by atoms with Crippen LogP contribution in [0.15, 0.2) is 65.7 Å². The number of anilines is 2. The minimum atomic E-state index is -0.715. The van der Waals surface area contributed by atoms with Gasteiger partial charge < -0.3 is 20.3 Å². The molecule has 0 bridgehead atoms. The number of benzene rings is 3. The number of carbonyl (C=O) groups excluding carboxylic acids is 2. The minimum Gasteiger partial charge on any atom is -0.495 e. The Bertz CT molecular complexity index is 1360. The lowest BCUT2D eigenvalue weighted by Gasteiger charge is -2.16. The van der Waals surface area contributed by atoms with Crippen LogP contribution < -0.4 is 15.4 Å². The van der Waals surface area contributed by atoms with Crippen LogP contribution >= 0.6 is 0 Å². The first kappa shape index (κ1) is 23.5. The van der Waals surface area contributed by atoms with Crippen molar-refractivity contribution in [2.24, 2.45) is 4.99 Å². The molecule has 1 aliphatic heterocycles. The molecule has 176 valence electrons. The van der Waals surface area contributed by atoms with E-state index in [1.54, 1.807) is 42.5 Å². The molecule has 3 aromatic rings. The number of nitrogens with one attached hydrogen (secondary N) is 2. The predicted octanol–water partition coefficient (Wildman–Crippen LogP) is 4.01. The molecule has 0 atom stereocenters. The minimum absolute atomic E-state index is 0.126. The second-order valence-electron chi connectivity index (χ2n) is 7.83. The lowest BCUT2D eigenvalue weighted by molar-refractivity contribution is 0.102. The van der Waals surface area contributed by atoms with Crippen molar-refractivity contribution in [1.29, 1.82) is 0 Å². The number of para-hydroxylation sites is 1. The van der Waals surface area contributed by atoms with Gasteiger partial charge in [0.1, 0.15) is 17.4 Å². The highest BCUT2D eigenvalue weighted by Crippen LogP contribution is 2.30.